The largest absolute Gasteiger partial charge is 0.395 e. The highest BCUT2D eigenvalue weighted by Gasteiger charge is 2.20. The number of carbonyl (C=O) groups excluding carboxylic acids is 1. The summed E-state index contributed by atoms with van der Waals surface area (Å²) < 4.78 is 0. The molecule has 0 saturated carbocycles. The average Bonchev–Trinajstić information content (AvgIpc) is 2.77. The molecule has 1 saturated heterocycles. The molecule has 0 bridgehead atoms. The first-order chi connectivity index (χ1) is 7.27. The van der Waals surface area contributed by atoms with Crippen molar-refractivity contribution in [1.82, 2.24) is 10.2 Å². The molecule has 88 valence electrons. The van der Waals surface area contributed by atoms with E-state index in [0.29, 0.717) is 19.5 Å². The summed E-state index contributed by atoms with van der Waals surface area (Å²) in [5.74, 6) is 0.174. The number of hydrogen-bond donors (Lipinski definition) is 3. The van der Waals surface area contributed by atoms with E-state index in [1.165, 1.54) is 0 Å². The summed E-state index contributed by atoms with van der Waals surface area (Å²) in [5, 5.41) is 11.7. The molecule has 0 aliphatic carbocycles. The first-order valence-electron chi connectivity index (χ1n) is 5.60. The zero-order valence-corrected chi connectivity index (χ0v) is 9.11. The summed E-state index contributed by atoms with van der Waals surface area (Å²) in [6.45, 7) is 2.77. The van der Waals surface area contributed by atoms with Crippen LogP contribution in [0, 0.1) is 0 Å². The third-order valence-electron chi connectivity index (χ3n) is 2.71. The molecule has 5 nitrogen and oxygen atoms in total. The maximum atomic E-state index is 11.7. The fourth-order valence-electron chi connectivity index (χ4n) is 1.81. The SMILES string of the molecule is NCC(CC(=O)N1CCCC1)NCCO. The molecule has 0 aromatic rings. The van der Waals surface area contributed by atoms with Crippen LogP contribution >= 0.6 is 0 Å². The minimum absolute atomic E-state index is 0.00903. The zero-order chi connectivity index (χ0) is 11.1. The highest BCUT2D eigenvalue weighted by Crippen LogP contribution is 2.09. The lowest BCUT2D eigenvalue weighted by atomic mass is 10.2. The number of amides is 1. The van der Waals surface area contributed by atoms with Crippen LogP contribution in [-0.2, 0) is 4.79 Å². The normalized spacial score (nSPS) is 18.1. The predicted molar refractivity (Wildman–Crippen MR) is 58.4 cm³/mol. The van der Waals surface area contributed by atoms with Gasteiger partial charge >= 0.3 is 0 Å². The number of nitrogens with one attached hydrogen (secondary N) is 1. The second kappa shape index (κ2) is 6.76. The topological polar surface area (TPSA) is 78.6 Å². The van der Waals surface area contributed by atoms with Gasteiger partial charge in [-0.25, -0.2) is 0 Å². The molecule has 15 heavy (non-hydrogen) atoms. The minimum Gasteiger partial charge on any atom is -0.395 e. The van der Waals surface area contributed by atoms with Crippen molar-refractivity contribution in [2.45, 2.75) is 25.3 Å². The van der Waals surface area contributed by atoms with Crippen LogP contribution in [0.25, 0.3) is 0 Å². The molecule has 0 aromatic carbocycles. The summed E-state index contributed by atoms with van der Waals surface area (Å²) in [6.07, 6.45) is 2.67. The van der Waals surface area contributed by atoms with Gasteiger partial charge in [0.1, 0.15) is 0 Å². The van der Waals surface area contributed by atoms with Crippen LogP contribution in [0.15, 0.2) is 0 Å². The Labute approximate surface area is 90.6 Å². The van der Waals surface area contributed by atoms with Gasteiger partial charge in [-0.15, -0.1) is 0 Å². The van der Waals surface area contributed by atoms with Gasteiger partial charge in [0.15, 0.2) is 0 Å². The third-order valence-corrected chi connectivity index (χ3v) is 2.71. The highest BCUT2D eigenvalue weighted by atomic mass is 16.3. The van der Waals surface area contributed by atoms with E-state index >= 15 is 0 Å². The maximum absolute atomic E-state index is 11.7. The second-order valence-corrected chi connectivity index (χ2v) is 3.90. The first kappa shape index (κ1) is 12.4. The van der Waals surface area contributed by atoms with Crippen molar-refractivity contribution in [3.05, 3.63) is 0 Å². The van der Waals surface area contributed by atoms with Gasteiger partial charge in [0.05, 0.1) is 6.61 Å². The summed E-state index contributed by atoms with van der Waals surface area (Å²) in [7, 11) is 0. The lowest BCUT2D eigenvalue weighted by molar-refractivity contribution is -0.130. The molecule has 1 rings (SSSR count). The third kappa shape index (κ3) is 4.15. The van der Waals surface area contributed by atoms with E-state index in [1.54, 1.807) is 0 Å². The van der Waals surface area contributed by atoms with Crippen molar-refractivity contribution >= 4 is 5.91 Å². The smallest absolute Gasteiger partial charge is 0.224 e. The van der Waals surface area contributed by atoms with Gasteiger partial charge in [0.2, 0.25) is 5.91 Å². The number of aliphatic hydroxyl groups excluding tert-OH is 1. The summed E-state index contributed by atoms with van der Waals surface area (Å²) in [6, 6.07) is -0.00903. The number of nitrogens with two attached hydrogens (primary N) is 1. The molecule has 4 N–H and O–H groups in total. The molecular formula is C10H21N3O2. The maximum Gasteiger partial charge on any atom is 0.224 e. The molecule has 0 radical (unpaired) electrons. The fraction of sp³-hybridized carbons (Fsp3) is 0.900. The molecule has 1 fully saturated rings. The molecule has 1 aliphatic heterocycles. The molecule has 0 aromatic heterocycles. The second-order valence-electron chi connectivity index (χ2n) is 3.90. The van der Waals surface area contributed by atoms with Crippen molar-refractivity contribution in [3.8, 4) is 0 Å². The monoisotopic (exact) mass is 215 g/mol. The van der Waals surface area contributed by atoms with E-state index in [0.717, 1.165) is 25.9 Å². The number of nitrogens with zero attached hydrogens (tertiary/aromatic N) is 1. The van der Waals surface area contributed by atoms with Gasteiger partial charge < -0.3 is 21.1 Å². The van der Waals surface area contributed by atoms with Gasteiger partial charge in [-0.3, -0.25) is 4.79 Å². The predicted octanol–water partition coefficient (Wildman–Crippen LogP) is -1.09. The Morgan fingerprint density at radius 2 is 2.13 bits per heavy atom. The molecule has 1 unspecified atom stereocenters. The van der Waals surface area contributed by atoms with Crippen molar-refractivity contribution in [1.29, 1.82) is 0 Å². The molecule has 0 spiro atoms. The Kier molecular flexibility index (Phi) is 5.60. The number of rotatable bonds is 6. The Morgan fingerprint density at radius 1 is 1.47 bits per heavy atom. The summed E-state index contributed by atoms with van der Waals surface area (Å²) >= 11 is 0. The summed E-state index contributed by atoms with van der Waals surface area (Å²) in [4.78, 5) is 13.6. The van der Waals surface area contributed by atoms with Gasteiger partial charge in [-0.2, -0.15) is 0 Å². The van der Waals surface area contributed by atoms with E-state index in [2.05, 4.69) is 5.32 Å². The number of likely N-dealkylation sites (tertiary alicyclic amines) is 1. The van der Waals surface area contributed by atoms with Crippen LogP contribution in [0.4, 0.5) is 0 Å². The van der Waals surface area contributed by atoms with Crippen LogP contribution in [-0.4, -0.2) is 54.7 Å². The molecule has 5 heteroatoms. The van der Waals surface area contributed by atoms with Gasteiger partial charge in [-0.1, -0.05) is 0 Å². The van der Waals surface area contributed by atoms with Crippen LogP contribution < -0.4 is 11.1 Å². The van der Waals surface area contributed by atoms with Crippen molar-refractivity contribution in [2.75, 3.05) is 32.8 Å². The van der Waals surface area contributed by atoms with Crippen LogP contribution in [0.3, 0.4) is 0 Å². The van der Waals surface area contributed by atoms with Crippen molar-refractivity contribution in [3.63, 3.8) is 0 Å². The van der Waals surface area contributed by atoms with Crippen molar-refractivity contribution in [2.24, 2.45) is 5.73 Å². The van der Waals surface area contributed by atoms with E-state index < -0.39 is 0 Å². The molecule has 1 atom stereocenters. The van der Waals surface area contributed by atoms with E-state index in [4.69, 9.17) is 10.8 Å². The molecule has 1 aliphatic rings. The minimum atomic E-state index is -0.00903. The van der Waals surface area contributed by atoms with E-state index in [9.17, 15) is 4.79 Å². The van der Waals surface area contributed by atoms with Crippen LogP contribution in [0.2, 0.25) is 0 Å². The summed E-state index contributed by atoms with van der Waals surface area (Å²) in [5.41, 5.74) is 5.55. The Morgan fingerprint density at radius 3 is 2.67 bits per heavy atom. The average molecular weight is 215 g/mol. The molecular weight excluding hydrogens is 194 g/mol. The Balaban J connectivity index is 2.26. The first-order valence-corrected chi connectivity index (χ1v) is 5.60. The number of aliphatic hydroxyl groups is 1. The Bertz CT molecular complexity index is 193. The molecule has 1 heterocycles. The lowest BCUT2D eigenvalue weighted by Gasteiger charge is -2.20. The van der Waals surface area contributed by atoms with Crippen molar-refractivity contribution < 1.29 is 9.90 Å². The fourth-order valence-corrected chi connectivity index (χ4v) is 1.81. The Hall–Kier alpha value is -0.650. The standard InChI is InChI=1S/C10H21N3O2/c11-8-9(12-3-6-14)7-10(15)13-4-1-2-5-13/h9,12,14H,1-8,11H2. The van der Waals surface area contributed by atoms with Gasteiger partial charge in [0.25, 0.3) is 0 Å². The highest BCUT2D eigenvalue weighted by molar-refractivity contribution is 5.77. The number of carbonyl (C=O) groups is 1. The van der Waals surface area contributed by atoms with E-state index in [1.807, 2.05) is 4.90 Å². The molecule has 1 amide bonds. The zero-order valence-electron chi connectivity index (χ0n) is 9.11. The lowest BCUT2D eigenvalue weighted by Crippen LogP contribution is -2.42. The van der Waals surface area contributed by atoms with Crippen LogP contribution in [0.5, 0.6) is 0 Å². The van der Waals surface area contributed by atoms with Gasteiger partial charge in [-0.05, 0) is 12.8 Å². The van der Waals surface area contributed by atoms with Gasteiger partial charge in [0, 0.05) is 38.6 Å². The number of hydrogen-bond acceptors (Lipinski definition) is 4. The quantitative estimate of drug-likeness (QED) is 0.526. The van der Waals surface area contributed by atoms with Crippen LogP contribution in [0.1, 0.15) is 19.3 Å². The van der Waals surface area contributed by atoms with E-state index in [-0.39, 0.29) is 18.6 Å².